The van der Waals surface area contributed by atoms with Crippen LogP contribution in [0.1, 0.15) is 72.5 Å². The maximum Gasteiger partial charge on any atom is 0.274 e. The summed E-state index contributed by atoms with van der Waals surface area (Å²) in [5.41, 5.74) is 1.48. The van der Waals surface area contributed by atoms with Crippen LogP contribution in [0.3, 0.4) is 0 Å². The monoisotopic (exact) mass is 329 g/mol. The topological polar surface area (TPSA) is 85.8 Å². The van der Waals surface area contributed by atoms with Crippen LogP contribution in [-0.2, 0) is 25.8 Å². The lowest BCUT2D eigenvalue weighted by Crippen LogP contribution is -2.41. The number of nitrogens with zero attached hydrogens (tertiary/aromatic N) is 4. The fourth-order valence-corrected chi connectivity index (χ4v) is 3.71. The number of rotatable bonds is 3. The van der Waals surface area contributed by atoms with Gasteiger partial charge in [0, 0.05) is 36.9 Å². The highest BCUT2D eigenvalue weighted by Crippen LogP contribution is 2.25. The quantitative estimate of drug-likeness (QED) is 0.931. The molecule has 4 rings (SSSR count). The highest BCUT2D eigenvalue weighted by molar-refractivity contribution is 5.94. The second kappa shape index (κ2) is 6.03. The van der Waals surface area contributed by atoms with E-state index in [0.717, 1.165) is 68.0 Å². The summed E-state index contributed by atoms with van der Waals surface area (Å²) in [6, 6.07) is 0.0782. The van der Waals surface area contributed by atoms with Crippen molar-refractivity contribution in [1.29, 1.82) is 0 Å². The number of aromatic nitrogens is 4. The Balaban J connectivity index is 1.49. The summed E-state index contributed by atoms with van der Waals surface area (Å²) in [5, 5.41) is 15.7. The Morgan fingerprint density at radius 2 is 2.08 bits per heavy atom. The zero-order valence-electron chi connectivity index (χ0n) is 14.2. The molecule has 128 valence electrons. The van der Waals surface area contributed by atoms with Crippen molar-refractivity contribution in [2.45, 2.75) is 70.9 Å². The molecule has 1 amide bonds. The molecule has 0 spiro atoms. The minimum absolute atomic E-state index is 0.0782. The number of carbonyl (C=O) groups excluding carboxylic acids is 1. The van der Waals surface area contributed by atoms with Crippen LogP contribution in [0.15, 0.2) is 4.52 Å². The SMILES string of the molecule is CC(C)c1nnc2n1C[C@@H](NC(=O)c1noc3c1CCCC3)CC2. The van der Waals surface area contributed by atoms with Gasteiger partial charge in [-0.2, -0.15) is 0 Å². The fourth-order valence-electron chi connectivity index (χ4n) is 3.71. The maximum absolute atomic E-state index is 12.6. The fraction of sp³-hybridized carbons (Fsp3) is 0.647. The van der Waals surface area contributed by atoms with Gasteiger partial charge in [0.15, 0.2) is 5.69 Å². The average Bonchev–Trinajstić information content (AvgIpc) is 3.18. The minimum atomic E-state index is -0.116. The average molecular weight is 329 g/mol. The van der Waals surface area contributed by atoms with E-state index in [1.54, 1.807) is 0 Å². The van der Waals surface area contributed by atoms with Gasteiger partial charge in [0.25, 0.3) is 5.91 Å². The zero-order chi connectivity index (χ0) is 16.7. The van der Waals surface area contributed by atoms with Crippen LogP contribution in [0, 0.1) is 0 Å². The predicted molar refractivity (Wildman–Crippen MR) is 86.8 cm³/mol. The Morgan fingerprint density at radius 1 is 1.25 bits per heavy atom. The van der Waals surface area contributed by atoms with Crippen LogP contribution >= 0.6 is 0 Å². The van der Waals surface area contributed by atoms with E-state index >= 15 is 0 Å². The van der Waals surface area contributed by atoms with Gasteiger partial charge in [-0.15, -0.1) is 10.2 Å². The number of amides is 1. The second-order valence-electron chi connectivity index (χ2n) is 7.09. The highest BCUT2D eigenvalue weighted by atomic mass is 16.5. The van der Waals surface area contributed by atoms with Gasteiger partial charge < -0.3 is 14.4 Å². The van der Waals surface area contributed by atoms with Gasteiger partial charge >= 0.3 is 0 Å². The summed E-state index contributed by atoms with van der Waals surface area (Å²) >= 11 is 0. The number of carbonyl (C=O) groups is 1. The number of hydrogen-bond donors (Lipinski definition) is 1. The molecule has 2 aromatic heterocycles. The van der Waals surface area contributed by atoms with E-state index in [1.165, 1.54) is 0 Å². The molecule has 0 unspecified atom stereocenters. The summed E-state index contributed by atoms with van der Waals surface area (Å²) in [6.07, 6.45) is 5.70. The summed E-state index contributed by atoms with van der Waals surface area (Å²) in [4.78, 5) is 12.6. The van der Waals surface area contributed by atoms with Crippen LogP contribution in [0.5, 0.6) is 0 Å². The van der Waals surface area contributed by atoms with E-state index in [0.29, 0.717) is 11.6 Å². The standard InChI is InChI=1S/C17H23N5O2/c1-10(2)16-20-19-14-8-7-11(9-22(14)16)18-17(23)15-12-5-3-4-6-13(12)24-21-15/h10-11H,3-9H2,1-2H3,(H,18,23)/t11-/m0/s1. The molecule has 0 fully saturated rings. The lowest BCUT2D eigenvalue weighted by Gasteiger charge is -2.25. The molecule has 0 radical (unpaired) electrons. The van der Waals surface area contributed by atoms with E-state index in [-0.39, 0.29) is 11.9 Å². The molecule has 7 heteroatoms. The zero-order valence-corrected chi connectivity index (χ0v) is 14.2. The van der Waals surface area contributed by atoms with Crippen molar-refractivity contribution in [3.05, 3.63) is 28.7 Å². The molecule has 1 atom stereocenters. The highest BCUT2D eigenvalue weighted by Gasteiger charge is 2.28. The Kier molecular flexibility index (Phi) is 3.86. The molecule has 0 saturated heterocycles. The number of fused-ring (bicyclic) bond motifs is 2. The Hall–Kier alpha value is -2.18. The van der Waals surface area contributed by atoms with Crippen LogP contribution in [-0.4, -0.2) is 31.9 Å². The molecular weight excluding hydrogens is 306 g/mol. The first-order valence-corrected chi connectivity index (χ1v) is 8.83. The molecule has 7 nitrogen and oxygen atoms in total. The van der Waals surface area contributed by atoms with Gasteiger partial charge in [0.2, 0.25) is 0 Å². The first-order chi connectivity index (χ1) is 11.6. The van der Waals surface area contributed by atoms with E-state index < -0.39 is 0 Å². The molecule has 1 aliphatic heterocycles. The molecule has 3 heterocycles. The van der Waals surface area contributed by atoms with Gasteiger partial charge in [-0.25, -0.2) is 0 Å². The van der Waals surface area contributed by atoms with Crippen LogP contribution in [0.2, 0.25) is 0 Å². The Bertz CT molecular complexity index is 761. The third kappa shape index (κ3) is 2.61. The van der Waals surface area contributed by atoms with Crippen LogP contribution in [0.25, 0.3) is 0 Å². The van der Waals surface area contributed by atoms with Crippen molar-refractivity contribution < 1.29 is 9.32 Å². The molecular formula is C17H23N5O2. The van der Waals surface area contributed by atoms with Crippen molar-refractivity contribution >= 4 is 5.91 Å². The number of hydrogen-bond acceptors (Lipinski definition) is 5. The molecule has 2 aromatic rings. The summed E-state index contributed by atoms with van der Waals surface area (Å²) in [6.45, 7) is 4.95. The van der Waals surface area contributed by atoms with Crippen LogP contribution < -0.4 is 5.32 Å². The van der Waals surface area contributed by atoms with Gasteiger partial charge in [0.1, 0.15) is 17.4 Å². The van der Waals surface area contributed by atoms with E-state index in [2.05, 4.69) is 39.1 Å². The van der Waals surface area contributed by atoms with Crippen LogP contribution in [0.4, 0.5) is 0 Å². The van der Waals surface area contributed by atoms with Crippen molar-refractivity contribution in [1.82, 2.24) is 25.2 Å². The molecule has 1 aliphatic carbocycles. The van der Waals surface area contributed by atoms with Gasteiger partial charge in [-0.05, 0) is 25.7 Å². The van der Waals surface area contributed by atoms with E-state index in [4.69, 9.17) is 4.52 Å². The lowest BCUT2D eigenvalue weighted by atomic mass is 9.96. The smallest absolute Gasteiger partial charge is 0.274 e. The van der Waals surface area contributed by atoms with Crippen molar-refractivity contribution in [3.63, 3.8) is 0 Å². The Labute approximate surface area is 140 Å². The third-order valence-electron chi connectivity index (χ3n) is 4.99. The molecule has 2 aliphatic rings. The maximum atomic E-state index is 12.6. The third-order valence-corrected chi connectivity index (χ3v) is 4.99. The van der Waals surface area contributed by atoms with E-state index in [9.17, 15) is 4.79 Å². The van der Waals surface area contributed by atoms with Gasteiger partial charge in [-0.1, -0.05) is 19.0 Å². The lowest BCUT2D eigenvalue weighted by molar-refractivity contribution is 0.0917. The van der Waals surface area contributed by atoms with E-state index in [1.807, 2.05) is 0 Å². The first-order valence-electron chi connectivity index (χ1n) is 8.83. The Morgan fingerprint density at radius 3 is 2.92 bits per heavy atom. The molecule has 1 N–H and O–H groups in total. The molecule has 24 heavy (non-hydrogen) atoms. The summed E-state index contributed by atoms with van der Waals surface area (Å²) in [7, 11) is 0. The minimum Gasteiger partial charge on any atom is -0.360 e. The second-order valence-corrected chi connectivity index (χ2v) is 7.09. The van der Waals surface area contributed by atoms with Gasteiger partial charge in [0.05, 0.1) is 0 Å². The number of aryl methyl sites for hydroxylation is 2. The molecule has 0 aromatic carbocycles. The predicted octanol–water partition coefficient (Wildman–Crippen LogP) is 2.01. The van der Waals surface area contributed by atoms with Gasteiger partial charge in [-0.3, -0.25) is 4.79 Å². The largest absolute Gasteiger partial charge is 0.360 e. The number of nitrogens with one attached hydrogen (secondary N) is 1. The first kappa shape index (κ1) is 15.4. The molecule has 0 saturated carbocycles. The van der Waals surface area contributed by atoms with Crippen molar-refractivity contribution in [2.24, 2.45) is 0 Å². The molecule has 0 bridgehead atoms. The van der Waals surface area contributed by atoms with Crippen molar-refractivity contribution in [3.8, 4) is 0 Å². The summed E-state index contributed by atoms with van der Waals surface area (Å²) < 4.78 is 7.51. The summed E-state index contributed by atoms with van der Waals surface area (Å²) in [5.74, 6) is 3.10. The normalized spacial score (nSPS) is 19.9. The van der Waals surface area contributed by atoms with Crippen molar-refractivity contribution in [2.75, 3.05) is 0 Å².